The second kappa shape index (κ2) is 5.96. The van der Waals surface area contributed by atoms with Crippen LogP contribution in [0.15, 0.2) is 65.8 Å². The van der Waals surface area contributed by atoms with E-state index in [0.717, 1.165) is 11.1 Å². The highest BCUT2D eigenvalue weighted by Crippen LogP contribution is 2.26. The quantitative estimate of drug-likeness (QED) is 0.779. The van der Waals surface area contributed by atoms with E-state index in [0.29, 0.717) is 5.82 Å². The van der Waals surface area contributed by atoms with E-state index in [-0.39, 0.29) is 11.2 Å². The minimum absolute atomic E-state index is 0.120. The zero-order valence-electron chi connectivity index (χ0n) is 14.0. The highest BCUT2D eigenvalue weighted by molar-refractivity contribution is 5.65. The molecule has 0 saturated carbocycles. The topological polar surface area (TPSA) is 55.1 Å². The monoisotopic (exact) mass is 320 g/mol. The summed E-state index contributed by atoms with van der Waals surface area (Å²) in [6.07, 6.45) is 4.69. The van der Waals surface area contributed by atoms with Crippen LogP contribution < -0.4 is 5.43 Å². The van der Waals surface area contributed by atoms with Gasteiger partial charge in [-0.15, -0.1) is 0 Å². The number of aromatic hydroxyl groups is 1. The molecule has 0 spiro atoms. The number of hydrogen-bond acceptors (Lipinski definition) is 3. The number of benzene rings is 1. The van der Waals surface area contributed by atoms with Crippen molar-refractivity contribution in [3.8, 4) is 22.7 Å². The minimum atomic E-state index is -0.403. The maximum atomic E-state index is 11.3. The van der Waals surface area contributed by atoms with Crippen LogP contribution in [0.25, 0.3) is 16.9 Å². The van der Waals surface area contributed by atoms with Crippen molar-refractivity contribution >= 4 is 0 Å². The molecule has 3 aromatic rings. The molecule has 2 aromatic heterocycles. The van der Waals surface area contributed by atoms with E-state index < -0.39 is 5.43 Å². The summed E-state index contributed by atoms with van der Waals surface area (Å²) in [6, 6.07) is 13.7. The molecule has 0 radical (unpaired) electrons. The van der Waals surface area contributed by atoms with Crippen molar-refractivity contribution < 1.29 is 5.11 Å². The van der Waals surface area contributed by atoms with Gasteiger partial charge in [0, 0.05) is 18.5 Å². The fourth-order valence-corrected chi connectivity index (χ4v) is 2.52. The largest absolute Gasteiger partial charge is 0.503 e. The first-order valence-electron chi connectivity index (χ1n) is 7.83. The molecule has 24 heavy (non-hydrogen) atoms. The minimum Gasteiger partial charge on any atom is -0.503 e. The zero-order chi connectivity index (χ0) is 17.3. The summed E-state index contributed by atoms with van der Waals surface area (Å²) in [5, 5.41) is 9.59. The van der Waals surface area contributed by atoms with Crippen molar-refractivity contribution in [3.05, 3.63) is 76.8 Å². The first-order chi connectivity index (χ1) is 11.3. The highest BCUT2D eigenvalue weighted by atomic mass is 16.3. The van der Waals surface area contributed by atoms with Gasteiger partial charge in [0.25, 0.3) is 0 Å². The van der Waals surface area contributed by atoms with Crippen LogP contribution in [-0.2, 0) is 5.41 Å². The van der Waals surface area contributed by atoms with Gasteiger partial charge in [-0.25, -0.2) is 4.98 Å². The van der Waals surface area contributed by atoms with E-state index in [1.54, 1.807) is 17.0 Å². The van der Waals surface area contributed by atoms with Crippen molar-refractivity contribution in [2.24, 2.45) is 0 Å². The molecule has 0 saturated heterocycles. The van der Waals surface area contributed by atoms with Crippen LogP contribution in [0.3, 0.4) is 0 Å². The molecule has 0 unspecified atom stereocenters. The molecule has 1 N–H and O–H groups in total. The first kappa shape index (κ1) is 16.0. The van der Waals surface area contributed by atoms with Crippen LogP contribution >= 0.6 is 0 Å². The van der Waals surface area contributed by atoms with E-state index in [1.807, 2.05) is 12.1 Å². The molecule has 3 rings (SSSR count). The summed E-state index contributed by atoms with van der Waals surface area (Å²) in [7, 11) is 0. The third-order valence-corrected chi connectivity index (χ3v) is 3.99. The normalized spacial score (nSPS) is 11.5. The molecule has 0 aliphatic carbocycles. The van der Waals surface area contributed by atoms with Gasteiger partial charge in [0.2, 0.25) is 5.43 Å². The number of hydrogen-bond donors (Lipinski definition) is 1. The maximum absolute atomic E-state index is 11.3. The van der Waals surface area contributed by atoms with E-state index in [1.165, 1.54) is 17.8 Å². The second-order valence-corrected chi connectivity index (χ2v) is 6.83. The van der Waals surface area contributed by atoms with Crippen LogP contribution in [0.5, 0.6) is 5.75 Å². The van der Waals surface area contributed by atoms with Gasteiger partial charge in [0.05, 0.1) is 6.20 Å². The Balaban J connectivity index is 1.98. The van der Waals surface area contributed by atoms with Gasteiger partial charge in [-0.1, -0.05) is 45.0 Å². The molecule has 1 aromatic carbocycles. The van der Waals surface area contributed by atoms with Gasteiger partial charge in [-0.05, 0) is 34.2 Å². The number of aromatic nitrogens is 2. The Labute approximate surface area is 141 Å². The Morgan fingerprint density at radius 3 is 2.33 bits per heavy atom. The molecule has 4 nitrogen and oxygen atoms in total. The summed E-state index contributed by atoms with van der Waals surface area (Å²) >= 11 is 0. The molecule has 2 heterocycles. The molecular formula is C20H20N2O2. The number of rotatable bonds is 2. The van der Waals surface area contributed by atoms with Gasteiger partial charge in [-0.2, -0.15) is 0 Å². The molecule has 0 aliphatic heterocycles. The maximum Gasteiger partial charge on any atom is 0.223 e. The molecule has 0 bridgehead atoms. The summed E-state index contributed by atoms with van der Waals surface area (Å²) in [6.45, 7) is 6.57. The third-order valence-electron chi connectivity index (χ3n) is 3.99. The lowest BCUT2D eigenvalue weighted by Gasteiger charge is -2.19. The van der Waals surface area contributed by atoms with E-state index in [9.17, 15) is 9.90 Å². The van der Waals surface area contributed by atoms with Crippen molar-refractivity contribution in [3.63, 3.8) is 0 Å². The van der Waals surface area contributed by atoms with E-state index in [4.69, 9.17) is 0 Å². The summed E-state index contributed by atoms with van der Waals surface area (Å²) in [4.78, 5) is 15.6. The first-order valence-corrected chi connectivity index (χ1v) is 7.83. The van der Waals surface area contributed by atoms with Gasteiger partial charge in [0.15, 0.2) is 5.75 Å². The lowest BCUT2D eigenvalue weighted by Crippen LogP contribution is -2.10. The van der Waals surface area contributed by atoms with Gasteiger partial charge in [-0.3, -0.25) is 4.79 Å². The van der Waals surface area contributed by atoms with Crippen molar-refractivity contribution in [1.82, 2.24) is 9.55 Å². The number of pyridine rings is 2. The molecule has 4 heteroatoms. The average Bonchev–Trinajstić information content (AvgIpc) is 2.57. The summed E-state index contributed by atoms with van der Waals surface area (Å²) < 4.78 is 1.63. The van der Waals surface area contributed by atoms with Crippen LogP contribution in [0, 0.1) is 0 Å². The predicted octanol–water partition coefficient (Wildman–Crippen LogP) is 3.90. The Kier molecular flexibility index (Phi) is 3.97. The fraction of sp³-hybridized carbons (Fsp3) is 0.200. The average molecular weight is 320 g/mol. The smallest absolute Gasteiger partial charge is 0.223 e. The SMILES string of the molecule is CC(C)(C)c1ccc(-c2ccnc(-n3ccc(=O)c(O)c3)c2)cc1. The van der Waals surface area contributed by atoms with Crippen molar-refractivity contribution in [2.45, 2.75) is 26.2 Å². The van der Waals surface area contributed by atoms with Crippen LogP contribution in [0.2, 0.25) is 0 Å². The van der Waals surface area contributed by atoms with Crippen LogP contribution in [-0.4, -0.2) is 14.7 Å². The Morgan fingerprint density at radius 2 is 1.71 bits per heavy atom. The van der Waals surface area contributed by atoms with Gasteiger partial charge >= 0.3 is 0 Å². The molecule has 0 fully saturated rings. The lowest BCUT2D eigenvalue weighted by molar-refractivity contribution is 0.465. The Bertz CT molecular complexity index is 919. The molecule has 0 atom stereocenters. The van der Waals surface area contributed by atoms with Gasteiger partial charge < -0.3 is 9.67 Å². The standard InChI is InChI=1S/C20H20N2O2/c1-20(2,3)16-6-4-14(5-7-16)15-8-10-21-19(12-15)22-11-9-17(23)18(24)13-22/h4-13,24H,1-3H3. The molecule has 122 valence electrons. The summed E-state index contributed by atoms with van der Waals surface area (Å²) in [5.41, 5.74) is 3.12. The fourth-order valence-electron chi connectivity index (χ4n) is 2.52. The van der Waals surface area contributed by atoms with Crippen molar-refractivity contribution in [1.29, 1.82) is 0 Å². The second-order valence-electron chi connectivity index (χ2n) is 6.83. The summed E-state index contributed by atoms with van der Waals surface area (Å²) in [5.74, 6) is 0.349. The molecule has 0 aliphatic rings. The lowest BCUT2D eigenvalue weighted by atomic mass is 9.86. The number of nitrogens with zero attached hydrogens (tertiary/aromatic N) is 2. The van der Waals surface area contributed by atoms with Crippen LogP contribution in [0.1, 0.15) is 26.3 Å². The highest BCUT2D eigenvalue weighted by Gasteiger charge is 2.13. The Morgan fingerprint density at radius 1 is 1.00 bits per heavy atom. The van der Waals surface area contributed by atoms with E-state index in [2.05, 4.69) is 50.0 Å². The Hall–Kier alpha value is -2.88. The molecular weight excluding hydrogens is 300 g/mol. The third kappa shape index (κ3) is 3.23. The molecule has 0 amide bonds. The predicted molar refractivity (Wildman–Crippen MR) is 95.6 cm³/mol. The van der Waals surface area contributed by atoms with E-state index >= 15 is 0 Å². The van der Waals surface area contributed by atoms with Crippen LogP contribution in [0.4, 0.5) is 0 Å². The van der Waals surface area contributed by atoms with Crippen molar-refractivity contribution in [2.75, 3.05) is 0 Å². The zero-order valence-corrected chi connectivity index (χ0v) is 14.0. The van der Waals surface area contributed by atoms with Gasteiger partial charge in [0.1, 0.15) is 5.82 Å².